The highest BCUT2D eigenvalue weighted by molar-refractivity contribution is 7.18. The molecule has 1 aliphatic carbocycles. The molecule has 1 aliphatic heterocycles. The van der Waals surface area contributed by atoms with E-state index in [1.807, 2.05) is 18.3 Å². The lowest BCUT2D eigenvalue weighted by Crippen LogP contribution is -2.35. The van der Waals surface area contributed by atoms with E-state index in [-0.39, 0.29) is 12.1 Å². The average molecular weight is 360 g/mol. The summed E-state index contributed by atoms with van der Waals surface area (Å²) in [6.07, 6.45) is 12.0. The van der Waals surface area contributed by atoms with Crippen LogP contribution in [-0.4, -0.2) is 39.6 Å². The van der Waals surface area contributed by atoms with Gasteiger partial charge in [0.25, 0.3) is 0 Å². The molecule has 2 N–H and O–H groups in total. The van der Waals surface area contributed by atoms with E-state index in [0.29, 0.717) is 6.54 Å². The normalized spacial score (nSPS) is 20.7. The van der Waals surface area contributed by atoms with E-state index < -0.39 is 0 Å². The van der Waals surface area contributed by atoms with Gasteiger partial charge in [-0.3, -0.25) is 9.98 Å². The molecular formula is C19H16N6S. The molecule has 3 aromatic rings. The number of pyridine rings is 1. The molecule has 7 heteroatoms. The van der Waals surface area contributed by atoms with Crippen molar-refractivity contribution < 1.29 is 0 Å². The maximum Gasteiger partial charge on any atom is 0.206 e. The third-order valence-corrected chi connectivity index (χ3v) is 5.39. The van der Waals surface area contributed by atoms with Crippen molar-refractivity contribution in [3.05, 3.63) is 61.0 Å². The highest BCUT2D eigenvalue weighted by atomic mass is 32.1. The Labute approximate surface area is 154 Å². The van der Waals surface area contributed by atoms with Gasteiger partial charge >= 0.3 is 0 Å². The number of benzene rings is 1. The smallest absolute Gasteiger partial charge is 0.206 e. The fraction of sp³-hybridized carbons (Fsp3) is 0.158. The maximum absolute atomic E-state index is 4.68. The number of amidine groups is 1. The number of anilines is 1. The Balaban J connectivity index is 1.29. The number of nitrogens with zero attached hydrogens (tertiary/aromatic N) is 4. The molecule has 2 atom stereocenters. The minimum atomic E-state index is 0.203. The molecule has 128 valence electrons. The van der Waals surface area contributed by atoms with E-state index in [1.54, 1.807) is 17.5 Å². The zero-order valence-electron chi connectivity index (χ0n) is 13.8. The Kier molecular flexibility index (Phi) is 3.71. The van der Waals surface area contributed by atoms with Gasteiger partial charge in [0.1, 0.15) is 10.8 Å². The number of hydrogen-bond donors (Lipinski definition) is 2. The summed E-state index contributed by atoms with van der Waals surface area (Å²) in [6.45, 7) is 0.618. The third kappa shape index (κ3) is 2.86. The molecule has 1 aromatic carbocycles. The van der Waals surface area contributed by atoms with Gasteiger partial charge in [-0.2, -0.15) is 0 Å². The Morgan fingerprint density at radius 1 is 1.08 bits per heavy atom. The van der Waals surface area contributed by atoms with Gasteiger partial charge in [0, 0.05) is 23.3 Å². The van der Waals surface area contributed by atoms with Crippen molar-refractivity contribution >= 4 is 33.1 Å². The predicted octanol–water partition coefficient (Wildman–Crippen LogP) is 3.03. The van der Waals surface area contributed by atoms with E-state index in [0.717, 1.165) is 32.3 Å². The van der Waals surface area contributed by atoms with Crippen LogP contribution in [0.2, 0.25) is 0 Å². The number of aromatic nitrogens is 3. The van der Waals surface area contributed by atoms with Crippen LogP contribution >= 0.6 is 11.3 Å². The first-order valence-electron chi connectivity index (χ1n) is 8.45. The van der Waals surface area contributed by atoms with Crippen LogP contribution in [0.15, 0.2) is 66.0 Å². The number of aliphatic imine (C=N–C) groups is 1. The van der Waals surface area contributed by atoms with Crippen LogP contribution in [-0.2, 0) is 0 Å². The number of hydrogen-bond acceptors (Lipinski definition) is 7. The van der Waals surface area contributed by atoms with Crippen LogP contribution in [0.4, 0.5) is 5.13 Å². The molecule has 0 bridgehead atoms. The molecule has 0 saturated carbocycles. The van der Waals surface area contributed by atoms with Gasteiger partial charge in [-0.05, 0) is 17.5 Å². The molecule has 2 unspecified atom stereocenters. The van der Waals surface area contributed by atoms with E-state index in [4.69, 9.17) is 0 Å². The minimum absolute atomic E-state index is 0.203. The lowest BCUT2D eigenvalue weighted by molar-refractivity contribution is 0.694. The van der Waals surface area contributed by atoms with Gasteiger partial charge in [0.05, 0.1) is 18.6 Å². The van der Waals surface area contributed by atoms with Crippen LogP contribution in [0, 0.1) is 0 Å². The second-order valence-electron chi connectivity index (χ2n) is 6.21. The van der Waals surface area contributed by atoms with Crippen LogP contribution in [0.3, 0.4) is 0 Å². The second kappa shape index (κ2) is 6.34. The zero-order valence-corrected chi connectivity index (χ0v) is 14.6. The van der Waals surface area contributed by atoms with Gasteiger partial charge in [-0.25, -0.2) is 0 Å². The van der Waals surface area contributed by atoms with Crippen molar-refractivity contribution in [2.24, 2.45) is 4.99 Å². The molecule has 26 heavy (non-hydrogen) atoms. The molecule has 5 rings (SSSR count). The molecule has 3 heterocycles. The lowest BCUT2D eigenvalue weighted by Gasteiger charge is -2.13. The topological polar surface area (TPSA) is 75.1 Å². The molecule has 0 saturated heterocycles. The van der Waals surface area contributed by atoms with Gasteiger partial charge in [0.2, 0.25) is 5.13 Å². The van der Waals surface area contributed by atoms with Gasteiger partial charge < -0.3 is 10.6 Å². The summed E-state index contributed by atoms with van der Waals surface area (Å²) >= 11 is 1.54. The number of fused-ring (bicyclic) bond motifs is 2. The van der Waals surface area contributed by atoms with Crippen LogP contribution in [0.5, 0.6) is 0 Å². The first-order valence-corrected chi connectivity index (χ1v) is 9.26. The Hall–Kier alpha value is -3.06. The molecule has 0 radical (unpaired) electrons. The molecule has 0 spiro atoms. The fourth-order valence-corrected chi connectivity index (χ4v) is 3.88. The van der Waals surface area contributed by atoms with Crippen molar-refractivity contribution in [3.8, 4) is 10.6 Å². The molecule has 6 nitrogen and oxygen atoms in total. The summed E-state index contributed by atoms with van der Waals surface area (Å²) in [6, 6.07) is 8.72. The van der Waals surface area contributed by atoms with Crippen molar-refractivity contribution in [2.75, 3.05) is 11.9 Å². The molecule has 0 fully saturated rings. The molecule has 2 aromatic heterocycles. The zero-order chi connectivity index (χ0) is 17.3. The SMILES string of the molecule is C1=CC2N=C(CNc3nnc(-c4ccc5cnccc5c4)s3)NC2C=C1. The lowest BCUT2D eigenvalue weighted by atomic mass is 10.1. The van der Waals surface area contributed by atoms with E-state index in [1.165, 1.54) is 0 Å². The van der Waals surface area contributed by atoms with E-state index >= 15 is 0 Å². The van der Waals surface area contributed by atoms with Gasteiger partial charge in [-0.15, -0.1) is 10.2 Å². The quantitative estimate of drug-likeness (QED) is 0.748. The fourth-order valence-electron chi connectivity index (χ4n) is 3.15. The summed E-state index contributed by atoms with van der Waals surface area (Å²) in [7, 11) is 0. The molecule has 0 amide bonds. The standard InChI is InChI=1S/C19H16N6S/c1-2-4-16-15(3-1)22-17(23-16)11-21-19-25-24-18(26-19)13-5-6-14-10-20-8-7-12(14)9-13/h1-10,15-16H,11H2,(H,21,25)(H,22,23). The Bertz CT molecular complexity index is 1050. The predicted molar refractivity (Wildman–Crippen MR) is 106 cm³/mol. The van der Waals surface area contributed by atoms with Gasteiger partial charge in [0.15, 0.2) is 0 Å². The first-order chi connectivity index (χ1) is 12.8. The Morgan fingerprint density at radius 3 is 3.00 bits per heavy atom. The van der Waals surface area contributed by atoms with Crippen molar-refractivity contribution in [2.45, 2.75) is 12.1 Å². The molecular weight excluding hydrogens is 344 g/mol. The summed E-state index contributed by atoms with van der Waals surface area (Å²) in [5.41, 5.74) is 1.06. The van der Waals surface area contributed by atoms with Crippen LogP contribution in [0.1, 0.15) is 0 Å². The van der Waals surface area contributed by atoms with Crippen LogP contribution in [0.25, 0.3) is 21.3 Å². The van der Waals surface area contributed by atoms with Crippen LogP contribution < -0.4 is 10.6 Å². The summed E-state index contributed by atoms with van der Waals surface area (Å²) in [5, 5.41) is 19.3. The van der Waals surface area contributed by atoms with E-state index in [9.17, 15) is 0 Å². The third-order valence-electron chi connectivity index (χ3n) is 4.46. The largest absolute Gasteiger partial charge is 0.364 e. The highest BCUT2D eigenvalue weighted by Crippen LogP contribution is 2.28. The summed E-state index contributed by atoms with van der Waals surface area (Å²) in [4.78, 5) is 8.83. The van der Waals surface area contributed by atoms with Crippen molar-refractivity contribution in [1.29, 1.82) is 0 Å². The summed E-state index contributed by atoms with van der Waals surface area (Å²) < 4.78 is 0. The first kappa shape index (κ1) is 15.2. The van der Waals surface area contributed by atoms with Crippen molar-refractivity contribution in [1.82, 2.24) is 20.5 Å². The second-order valence-corrected chi connectivity index (χ2v) is 7.19. The maximum atomic E-state index is 4.68. The van der Waals surface area contributed by atoms with E-state index in [2.05, 4.69) is 67.2 Å². The highest BCUT2D eigenvalue weighted by Gasteiger charge is 2.25. The number of nitrogens with one attached hydrogen (secondary N) is 2. The molecule has 2 aliphatic rings. The number of allylic oxidation sites excluding steroid dienone is 2. The van der Waals surface area contributed by atoms with Crippen molar-refractivity contribution in [3.63, 3.8) is 0 Å². The average Bonchev–Trinajstić information content (AvgIpc) is 3.32. The van der Waals surface area contributed by atoms with Gasteiger partial charge in [-0.1, -0.05) is 47.8 Å². The minimum Gasteiger partial charge on any atom is -0.364 e. The Morgan fingerprint density at radius 2 is 2.04 bits per heavy atom. The summed E-state index contributed by atoms with van der Waals surface area (Å²) in [5.74, 6) is 0.950. The monoisotopic (exact) mass is 360 g/mol. The number of rotatable bonds is 4.